The molecule has 0 amide bonds. The molecule has 1 aliphatic rings. The Balaban J connectivity index is 1.96. The summed E-state index contributed by atoms with van der Waals surface area (Å²) in [6, 6.07) is 0. The molecular weight excluding hydrogens is 212 g/mol. The molecule has 0 aromatic carbocycles. The maximum atomic E-state index is 5.90. The Labute approximate surface area is 104 Å². The van der Waals surface area contributed by atoms with Gasteiger partial charge in [0.15, 0.2) is 0 Å². The van der Waals surface area contributed by atoms with E-state index >= 15 is 0 Å². The van der Waals surface area contributed by atoms with Crippen LogP contribution < -0.4 is 5.32 Å². The van der Waals surface area contributed by atoms with E-state index in [2.05, 4.69) is 24.1 Å². The number of hydrogen-bond acceptors (Lipinski definition) is 3. The van der Waals surface area contributed by atoms with Crippen molar-refractivity contribution in [3.8, 4) is 0 Å². The van der Waals surface area contributed by atoms with E-state index in [0.717, 1.165) is 31.2 Å². The molecule has 17 heavy (non-hydrogen) atoms. The molecule has 1 fully saturated rings. The van der Waals surface area contributed by atoms with Crippen molar-refractivity contribution in [3.05, 3.63) is 17.8 Å². The smallest absolute Gasteiger partial charge is 0.208 e. The third-order valence-corrected chi connectivity index (χ3v) is 3.81. The summed E-state index contributed by atoms with van der Waals surface area (Å²) >= 11 is 0. The van der Waals surface area contributed by atoms with Crippen LogP contribution in [0.2, 0.25) is 0 Å². The van der Waals surface area contributed by atoms with Crippen molar-refractivity contribution in [2.45, 2.75) is 64.3 Å². The van der Waals surface area contributed by atoms with E-state index in [4.69, 9.17) is 4.42 Å². The fourth-order valence-electron chi connectivity index (χ4n) is 2.62. The Morgan fingerprint density at radius 2 is 2.12 bits per heavy atom. The first-order valence-electron chi connectivity index (χ1n) is 6.90. The van der Waals surface area contributed by atoms with E-state index in [1.165, 1.54) is 32.1 Å². The van der Waals surface area contributed by atoms with Gasteiger partial charge < -0.3 is 9.73 Å². The molecule has 3 heteroatoms. The Kier molecular flexibility index (Phi) is 4.21. The van der Waals surface area contributed by atoms with Gasteiger partial charge in [-0.05, 0) is 25.8 Å². The number of aromatic nitrogens is 1. The van der Waals surface area contributed by atoms with Crippen molar-refractivity contribution in [1.82, 2.24) is 10.3 Å². The van der Waals surface area contributed by atoms with Gasteiger partial charge in [-0.3, -0.25) is 0 Å². The predicted octanol–water partition coefficient (Wildman–Crippen LogP) is 3.40. The SMILES string of the molecule is CCCNCc1ncc(C2(C)CCCCC2)o1. The molecule has 3 nitrogen and oxygen atoms in total. The van der Waals surface area contributed by atoms with Crippen LogP contribution in [-0.4, -0.2) is 11.5 Å². The minimum atomic E-state index is 0.230. The van der Waals surface area contributed by atoms with E-state index in [0.29, 0.717) is 0 Å². The molecule has 0 bridgehead atoms. The quantitative estimate of drug-likeness (QED) is 0.796. The third-order valence-electron chi connectivity index (χ3n) is 3.81. The summed E-state index contributed by atoms with van der Waals surface area (Å²) in [7, 11) is 0. The fraction of sp³-hybridized carbons (Fsp3) is 0.786. The lowest BCUT2D eigenvalue weighted by molar-refractivity contribution is 0.259. The molecular formula is C14H24N2O. The van der Waals surface area contributed by atoms with Gasteiger partial charge in [-0.15, -0.1) is 0 Å². The zero-order valence-corrected chi connectivity index (χ0v) is 11.1. The summed E-state index contributed by atoms with van der Waals surface area (Å²) in [5.74, 6) is 1.92. The molecule has 0 saturated heterocycles. The maximum absolute atomic E-state index is 5.90. The van der Waals surface area contributed by atoms with Gasteiger partial charge in [0.1, 0.15) is 5.76 Å². The number of nitrogens with zero attached hydrogens (tertiary/aromatic N) is 1. The second kappa shape index (κ2) is 5.67. The highest BCUT2D eigenvalue weighted by Crippen LogP contribution is 2.39. The van der Waals surface area contributed by atoms with Crippen LogP contribution in [0, 0.1) is 0 Å². The normalized spacial score (nSPS) is 19.4. The number of rotatable bonds is 5. The highest BCUT2D eigenvalue weighted by Gasteiger charge is 2.32. The van der Waals surface area contributed by atoms with E-state index < -0.39 is 0 Å². The number of oxazole rings is 1. The second-order valence-electron chi connectivity index (χ2n) is 5.42. The van der Waals surface area contributed by atoms with Crippen LogP contribution in [0.25, 0.3) is 0 Å². The molecule has 0 spiro atoms. The molecule has 1 aromatic heterocycles. The predicted molar refractivity (Wildman–Crippen MR) is 68.9 cm³/mol. The Bertz CT molecular complexity index is 340. The Hall–Kier alpha value is -0.830. The van der Waals surface area contributed by atoms with E-state index in [9.17, 15) is 0 Å². The molecule has 1 aromatic rings. The standard InChI is InChI=1S/C14H24N2O/c1-3-9-15-11-13-16-10-12(17-13)14(2)7-5-4-6-8-14/h10,15H,3-9,11H2,1-2H3. The van der Waals surface area contributed by atoms with Crippen LogP contribution in [0.5, 0.6) is 0 Å². The molecule has 0 atom stereocenters. The monoisotopic (exact) mass is 236 g/mol. The summed E-state index contributed by atoms with van der Waals surface area (Å²) in [6.45, 7) is 6.26. The zero-order valence-electron chi connectivity index (χ0n) is 11.1. The van der Waals surface area contributed by atoms with Crippen LogP contribution in [-0.2, 0) is 12.0 Å². The average molecular weight is 236 g/mol. The van der Waals surface area contributed by atoms with Gasteiger partial charge >= 0.3 is 0 Å². The van der Waals surface area contributed by atoms with Gasteiger partial charge in [0.25, 0.3) is 0 Å². The van der Waals surface area contributed by atoms with Gasteiger partial charge in [-0.1, -0.05) is 33.1 Å². The van der Waals surface area contributed by atoms with Crippen molar-refractivity contribution in [2.24, 2.45) is 0 Å². The first-order valence-corrected chi connectivity index (χ1v) is 6.90. The molecule has 0 unspecified atom stereocenters. The molecule has 1 N–H and O–H groups in total. The first-order chi connectivity index (χ1) is 8.24. The number of hydrogen-bond donors (Lipinski definition) is 1. The summed E-state index contributed by atoms with van der Waals surface area (Å²) in [5, 5.41) is 3.32. The van der Waals surface area contributed by atoms with E-state index in [1.807, 2.05) is 6.20 Å². The number of nitrogens with one attached hydrogen (secondary N) is 1. The molecule has 0 aliphatic heterocycles. The van der Waals surface area contributed by atoms with Gasteiger partial charge in [-0.25, -0.2) is 4.98 Å². The van der Waals surface area contributed by atoms with Crippen molar-refractivity contribution in [1.29, 1.82) is 0 Å². The van der Waals surface area contributed by atoms with Crippen LogP contribution in [0.4, 0.5) is 0 Å². The van der Waals surface area contributed by atoms with Crippen LogP contribution >= 0.6 is 0 Å². The van der Waals surface area contributed by atoms with Gasteiger partial charge in [0, 0.05) is 5.41 Å². The van der Waals surface area contributed by atoms with Crippen molar-refractivity contribution >= 4 is 0 Å². The third kappa shape index (κ3) is 3.09. The molecule has 96 valence electrons. The highest BCUT2D eigenvalue weighted by molar-refractivity contribution is 5.10. The first kappa shape index (κ1) is 12.6. The summed E-state index contributed by atoms with van der Waals surface area (Å²) in [5.41, 5.74) is 0.230. The summed E-state index contributed by atoms with van der Waals surface area (Å²) in [6.07, 6.45) is 9.57. The maximum Gasteiger partial charge on any atom is 0.208 e. The zero-order chi connectivity index (χ0) is 12.1. The van der Waals surface area contributed by atoms with E-state index in [1.54, 1.807) is 0 Å². The second-order valence-corrected chi connectivity index (χ2v) is 5.42. The summed E-state index contributed by atoms with van der Waals surface area (Å²) < 4.78 is 5.90. The lowest BCUT2D eigenvalue weighted by atomic mass is 9.74. The minimum Gasteiger partial charge on any atom is -0.444 e. The van der Waals surface area contributed by atoms with Crippen LogP contribution in [0.3, 0.4) is 0 Å². The molecule has 1 saturated carbocycles. The van der Waals surface area contributed by atoms with Gasteiger partial charge in [0.2, 0.25) is 5.89 Å². The van der Waals surface area contributed by atoms with E-state index in [-0.39, 0.29) is 5.41 Å². The molecule has 2 rings (SSSR count). The van der Waals surface area contributed by atoms with Crippen molar-refractivity contribution in [3.63, 3.8) is 0 Å². The van der Waals surface area contributed by atoms with Crippen LogP contribution in [0.15, 0.2) is 10.6 Å². The lowest BCUT2D eigenvalue weighted by Gasteiger charge is -2.30. The molecule has 0 radical (unpaired) electrons. The molecule has 1 aliphatic carbocycles. The summed E-state index contributed by atoms with van der Waals surface area (Å²) in [4.78, 5) is 4.38. The molecule has 1 heterocycles. The van der Waals surface area contributed by atoms with Crippen molar-refractivity contribution < 1.29 is 4.42 Å². The van der Waals surface area contributed by atoms with Gasteiger partial charge in [0.05, 0.1) is 12.7 Å². The topological polar surface area (TPSA) is 38.1 Å². The Morgan fingerprint density at radius 1 is 1.35 bits per heavy atom. The van der Waals surface area contributed by atoms with Crippen LogP contribution in [0.1, 0.15) is 64.0 Å². The lowest BCUT2D eigenvalue weighted by Crippen LogP contribution is -2.24. The minimum absolute atomic E-state index is 0.230. The Morgan fingerprint density at radius 3 is 2.82 bits per heavy atom. The highest BCUT2D eigenvalue weighted by atomic mass is 16.4. The fourth-order valence-corrected chi connectivity index (χ4v) is 2.62. The van der Waals surface area contributed by atoms with Gasteiger partial charge in [-0.2, -0.15) is 0 Å². The largest absolute Gasteiger partial charge is 0.444 e. The van der Waals surface area contributed by atoms with Crippen molar-refractivity contribution in [2.75, 3.05) is 6.54 Å². The average Bonchev–Trinajstić information content (AvgIpc) is 2.80.